The van der Waals surface area contributed by atoms with E-state index in [-0.39, 0.29) is 17.2 Å². The van der Waals surface area contributed by atoms with Crippen LogP contribution in [0, 0.1) is 0 Å². The van der Waals surface area contributed by atoms with Crippen LogP contribution in [-0.4, -0.2) is 48.2 Å². The normalized spacial score (nSPS) is 19.9. The van der Waals surface area contributed by atoms with E-state index in [1.807, 2.05) is 29.2 Å². The highest BCUT2D eigenvalue weighted by atomic mass is 16.5. The molecule has 3 aromatic rings. The first-order valence-corrected chi connectivity index (χ1v) is 12.0. The van der Waals surface area contributed by atoms with Gasteiger partial charge in [0.25, 0.3) is 5.56 Å². The minimum absolute atomic E-state index is 0.121. The molecular weight excluding hydrogens is 434 g/mol. The smallest absolute Gasteiger partial charge is 0.333 e. The van der Waals surface area contributed by atoms with Gasteiger partial charge in [-0.25, -0.2) is 9.78 Å². The molecule has 9 nitrogen and oxygen atoms in total. The van der Waals surface area contributed by atoms with Crippen molar-refractivity contribution in [3.63, 3.8) is 0 Å². The highest BCUT2D eigenvalue weighted by Gasteiger charge is 2.44. The highest BCUT2D eigenvalue weighted by molar-refractivity contribution is 5.78. The fraction of sp³-hybridized carbons (Fsp3) is 0.520. The van der Waals surface area contributed by atoms with Crippen molar-refractivity contribution in [1.82, 2.24) is 23.6 Å². The molecule has 0 N–H and O–H groups in total. The molecule has 4 heterocycles. The predicted octanol–water partition coefficient (Wildman–Crippen LogP) is 1.77. The van der Waals surface area contributed by atoms with Gasteiger partial charge in [-0.15, -0.1) is 0 Å². The second kappa shape index (κ2) is 8.45. The minimum Gasteiger partial charge on any atom is -0.471 e. The van der Waals surface area contributed by atoms with E-state index in [2.05, 4.69) is 11.5 Å². The molecule has 2 aliphatic heterocycles. The third-order valence-corrected chi connectivity index (χ3v) is 7.36. The number of carbonyl (C=O) groups excluding carboxylic acids is 1. The number of para-hydroxylation sites is 2. The van der Waals surface area contributed by atoms with Crippen molar-refractivity contribution in [2.24, 2.45) is 14.1 Å². The highest BCUT2D eigenvalue weighted by Crippen LogP contribution is 2.38. The van der Waals surface area contributed by atoms with E-state index in [4.69, 9.17) is 9.72 Å². The Morgan fingerprint density at radius 1 is 1.12 bits per heavy atom. The van der Waals surface area contributed by atoms with E-state index in [0.717, 1.165) is 40.7 Å². The Kier molecular flexibility index (Phi) is 5.58. The van der Waals surface area contributed by atoms with Gasteiger partial charge in [-0.1, -0.05) is 19.1 Å². The number of fused-ring (bicyclic) bond motifs is 2. The number of aryl methyl sites for hydroxylation is 2. The van der Waals surface area contributed by atoms with Crippen molar-refractivity contribution in [3.8, 4) is 5.88 Å². The maximum absolute atomic E-state index is 13.2. The topological polar surface area (TPSA) is 91.4 Å². The molecule has 1 atom stereocenters. The summed E-state index contributed by atoms with van der Waals surface area (Å²) in [5.41, 5.74) is 1.37. The molecule has 0 unspecified atom stereocenters. The predicted molar refractivity (Wildman–Crippen MR) is 128 cm³/mol. The number of imidazole rings is 1. The lowest BCUT2D eigenvalue weighted by atomic mass is 9.90. The van der Waals surface area contributed by atoms with E-state index < -0.39 is 5.60 Å². The zero-order valence-corrected chi connectivity index (χ0v) is 20.0. The Balaban J connectivity index is 1.28. The van der Waals surface area contributed by atoms with Crippen molar-refractivity contribution in [3.05, 3.63) is 56.5 Å². The Hall–Kier alpha value is -3.36. The molecule has 1 amide bonds. The standard InChI is InChI=1S/C25H31N5O4/c1-4-20-26-18-8-5-6-9-19(18)30(20)14-10-21(31)29-13-7-11-25(12-15-29)16-17-22(32)27(2)24(33)28(3)23(17)34-25/h5-6,8-9H,4,7,10-16H2,1-3H3/t25-/m0/s1. The van der Waals surface area contributed by atoms with Crippen molar-refractivity contribution < 1.29 is 9.53 Å². The lowest BCUT2D eigenvalue weighted by molar-refractivity contribution is -0.131. The fourth-order valence-corrected chi connectivity index (χ4v) is 5.45. The molecule has 2 aromatic heterocycles. The molecule has 0 bridgehead atoms. The van der Waals surface area contributed by atoms with E-state index >= 15 is 0 Å². The molecule has 2 aliphatic rings. The van der Waals surface area contributed by atoms with Crippen molar-refractivity contribution in [1.29, 1.82) is 0 Å². The molecular formula is C25H31N5O4. The van der Waals surface area contributed by atoms with Crippen molar-refractivity contribution >= 4 is 16.9 Å². The summed E-state index contributed by atoms with van der Waals surface area (Å²) in [5.74, 6) is 1.50. The van der Waals surface area contributed by atoms with Crippen LogP contribution in [0.4, 0.5) is 0 Å². The number of nitrogens with zero attached hydrogens (tertiary/aromatic N) is 5. The summed E-state index contributed by atoms with van der Waals surface area (Å²) < 4.78 is 11.0. The van der Waals surface area contributed by atoms with Gasteiger partial charge < -0.3 is 14.2 Å². The molecule has 5 rings (SSSR count). The van der Waals surface area contributed by atoms with Crippen LogP contribution in [0.5, 0.6) is 5.88 Å². The van der Waals surface area contributed by atoms with E-state index in [9.17, 15) is 14.4 Å². The molecule has 0 saturated carbocycles. The molecule has 1 saturated heterocycles. The summed E-state index contributed by atoms with van der Waals surface area (Å²) in [6.07, 6.45) is 3.88. The van der Waals surface area contributed by atoms with Crippen LogP contribution in [0.3, 0.4) is 0 Å². The van der Waals surface area contributed by atoms with E-state index in [0.29, 0.717) is 50.3 Å². The Bertz CT molecular complexity index is 1380. The number of likely N-dealkylation sites (tertiary alicyclic amines) is 1. The first-order chi connectivity index (χ1) is 16.3. The van der Waals surface area contributed by atoms with Gasteiger partial charge in [0.2, 0.25) is 11.8 Å². The van der Waals surface area contributed by atoms with Gasteiger partial charge in [0, 0.05) is 59.4 Å². The maximum Gasteiger partial charge on any atom is 0.333 e. The van der Waals surface area contributed by atoms with Crippen LogP contribution in [0.15, 0.2) is 33.9 Å². The summed E-state index contributed by atoms with van der Waals surface area (Å²) in [4.78, 5) is 44.7. The number of benzene rings is 1. The summed E-state index contributed by atoms with van der Waals surface area (Å²) in [6, 6.07) is 8.03. The zero-order valence-electron chi connectivity index (χ0n) is 20.0. The summed E-state index contributed by atoms with van der Waals surface area (Å²) in [5, 5.41) is 0. The third kappa shape index (κ3) is 3.63. The Labute approximate surface area is 197 Å². The second-order valence-corrected chi connectivity index (χ2v) is 9.46. The number of rotatable bonds is 4. The van der Waals surface area contributed by atoms with E-state index in [1.165, 1.54) is 11.6 Å². The van der Waals surface area contributed by atoms with Gasteiger partial charge in [0.05, 0.1) is 16.6 Å². The number of hydrogen-bond acceptors (Lipinski definition) is 5. The van der Waals surface area contributed by atoms with Crippen LogP contribution < -0.4 is 16.0 Å². The number of amides is 1. The summed E-state index contributed by atoms with van der Waals surface area (Å²) >= 11 is 0. The first kappa shape index (κ1) is 22.4. The molecule has 0 radical (unpaired) electrons. The van der Waals surface area contributed by atoms with Crippen molar-refractivity contribution in [2.45, 2.75) is 57.6 Å². The first-order valence-electron chi connectivity index (χ1n) is 12.0. The average Bonchev–Trinajstić information content (AvgIpc) is 3.33. The van der Waals surface area contributed by atoms with Gasteiger partial charge >= 0.3 is 5.69 Å². The molecule has 0 aliphatic carbocycles. The SMILES string of the molecule is CCc1nc2ccccc2n1CCC(=O)N1CCC[C@]2(CC1)Cc1c(n(C)c(=O)n(C)c1=O)O2. The van der Waals surface area contributed by atoms with Crippen molar-refractivity contribution in [2.75, 3.05) is 13.1 Å². The number of hydrogen-bond donors (Lipinski definition) is 0. The van der Waals surface area contributed by atoms with Gasteiger partial charge in [0.1, 0.15) is 11.4 Å². The number of carbonyl (C=O) groups is 1. The van der Waals surface area contributed by atoms with Crippen LogP contribution in [-0.2, 0) is 38.3 Å². The fourth-order valence-electron chi connectivity index (χ4n) is 5.45. The van der Waals surface area contributed by atoms with Gasteiger partial charge in [-0.05, 0) is 25.0 Å². The van der Waals surface area contributed by atoms with E-state index in [1.54, 1.807) is 7.05 Å². The number of ether oxygens (including phenoxy) is 1. The van der Waals surface area contributed by atoms with Crippen LogP contribution in [0.1, 0.15) is 44.0 Å². The quantitative estimate of drug-likeness (QED) is 0.586. The lowest BCUT2D eigenvalue weighted by Crippen LogP contribution is -2.38. The average molecular weight is 466 g/mol. The van der Waals surface area contributed by atoms with Gasteiger partial charge in [-0.3, -0.25) is 18.7 Å². The van der Waals surface area contributed by atoms with Gasteiger partial charge in [-0.2, -0.15) is 0 Å². The Morgan fingerprint density at radius 2 is 1.91 bits per heavy atom. The van der Waals surface area contributed by atoms with Crippen LogP contribution >= 0.6 is 0 Å². The van der Waals surface area contributed by atoms with Crippen LogP contribution in [0.25, 0.3) is 11.0 Å². The number of aromatic nitrogens is 4. The monoisotopic (exact) mass is 465 g/mol. The molecule has 1 fully saturated rings. The maximum atomic E-state index is 13.2. The largest absolute Gasteiger partial charge is 0.471 e. The third-order valence-electron chi connectivity index (χ3n) is 7.36. The Morgan fingerprint density at radius 3 is 2.71 bits per heavy atom. The summed E-state index contributed by atoms with van der Waals surface area (Å²) in [6.45, 7) is 3.93. The van der Waals surface area contributed by atoms with Crippen LogP contribution in [0.2, 0.25) is 0 Å². The minimum atomic E-state index is -0.537. The van der Waals surface area contributed by atoms with Gasteiger partial charge in [0.15, 0.2) is 0 Å². The molecule has 9 heteroatoms. The molecule has 34 heavy (non-hydrogen) atoms. The summed E-state index contributed by atoms with van der Waals surface area (Å²) in [7, 11) is 3.13. The molecule has 180 valence electrons. The second-order valence-electron chi connectivity index (χ2n) is 9.46. The zero-order chi connectivity index (χ0) is 24.0. The molecule has 1 aromatic carbocycles. The lowest BCUT2D eigenvalue weighted by Gasteiger charge is -2.27. The molecule has 1 spiro atoms.